The molecule has 7 nitrogen and oxygen atoms in total. The van der Waals surface area contributed by atoms with Gasteiger partial charge >= 0.3 is 5.97 Å². The monoisotopic (exact) mass is 317 g/mol. The number of carboxylic acid groups (broad SMARTS) is 1. The normalized spacial score (nSPS) is 11.7. The SMILES string of the molecule is O=C(N[C@@H](Cc1ccc(O)cc1)C(=O)O)c1ccc(O)c(O)c1. The van der Waals surface area contributed by atoms with Gasteiger partial charge in [-0.3, -0.25) is 4.79 Å². The summed E-state index contributed by atoms with van der Waals surface area (Å²) in [5, 5.41) is 39.4. The van der Waals surface area contributed by atoms with Crippen LogP contribution in [-0.2, 0) is 11.2 Å². The lowest BCUT2D eigenvalue weighted by Crippen LogP contribution is -2.42. The number of carbonyl (C=O) groups is 2. The number of hydrogen-bond acceptors (Lipinski definition) is 5. The molecule has 1 amide bonds. The van der Waals surface area contributed by atoms with E-state index in [0.717, 1.165) is 12.1 Å². The van der Waals surface area contributed by atoms with Crippen molar-refractivity contribution in [3.8, 4) is 17.2 Å². The molecular weight excluding hydrogens is 302 g/mol. The summed E-state index contributed by atoms with van der Waals surface area (Å²) in [4.78, 5) is 23.4. The highest BCUT2D eigenvalue weighted by Gasteiger charge is 2.21. The Morgan fingerprint density at radius 2 is 1.61 bits per heavy atom. The largest absolute Gasteiger partial charge is 0.508 e. The number of carboxylic acids is 1. The molecule has 0 fully saturated rings. The van der Waals surface area contributed by atoms with E-state index in [9.17, 15) is 30.0 Å². The first-order valence-electron chi connectivity index (χ1n) is 6.70. The molecule has 2 rings (SSSR count). The maximum absolute atomic E-state index is 12.1. The van der Waals surface area contributed by atoms with E-state index in [4.69, 9.17) is 0 Å². The minimum absolute atomic E-state index is 0.0252. The fourth-order valence-corrected chi connectivity index (χ4v) is 1.97. The average molecular weight is 317 g/mol. The van der Waals surface area contributed by atoms with Crippen LogP contribution in [0.25, 0.3) is 0 Å². The van der Waals surface area contributed by atoms with Gasteiger partial charge in [0.2, 0.25) is 0 Å². The second kappa shape index (κ2) is 6.69. The molecular formula is C16H15NO6. The first-order chi connectivity index (χ1) is 10.9. The quantitative estimate of drug-likeness (QED) is 0.528. The number of phenols is 3. The first kappa shape index (κ1) is 16.2. The van der Waals surface area contributed by atoms with Crippen molar-refractivity contribution in [2.45, 2.75) is 12.5 Å². The molecule has 2 aromatic carbocycles. The Labute approximate surface area is 131 Å². The van der Waals surface area contributed by atoms with Gasteiger partial charge in [0.25, 0.3) is 5.91 Å². The Balaban J connectivity index is 2.12. The van der Waals surface area contributed by atoms with Crippen molar-refractivity contribution >= 4 is 11.9 Å². The molecule has 0 saturated carbocycles. The van der Waals surface area contributed by atoms with E-state index in [1.807, 2.05) is 0 Å². The fraction of sp³-hybridized carbons (Fsp3) is 0.125. The molecule has 0 unspecified atom stereocenters. The summed E-state index contributed by atoms with van der Waals surface area (Å²) in [5.74, 6) is -2.69. The predicted octanol–water partition coefficient (Wildman–Crippen LogP) is 1.23. The van der Waals surface area contributed by atoms with Crippen LogP contribution in [0.3, 0.4) is 0 Å². The summed E-state index contributed by atoms with van der Waals surface area (Å²) >= 11 is 0. The second-order valence-electron chi connectivity index (χ2n) is 4.94. The number of aliphatic carboxylic acids is 1. The molecule has 2 aromatic rings. The summed E-state index contributed by atoms with van der Waals surface area (Å²) in [6.45, 7) is 0. The summed E-state index contributed by atoms with van der Waals surface area (Å²) in [7, 11) is 0. The lowest BCUT2D eigenvalue weighted by molar-refractivity contribution is -0.139. The van der Waals surface area contributed by atoms with E-state index in [1.54, 1.807) is 12.1 Å². The topological polar surface area (TPSA) is 127 Å². The zero-order chi connectivity index (χ0) is 17.0. The predicted molar refractivity (Wildman–Crippen MR) is 80.5 cm³/mol. The minimum Gasteiger partial charge on any atom is -0.508 e. The second-order valence-corrected chi connectivity index (χ2v) is 4.94. The van der Waals surface area contributed by atoms with Crippen LogP contribution in [0.4, 0.5) is 0 Å². The van der Waals surface area contributed by atoms with E-state index in [1.165, 1.54) is 18.2 Å². The van der Waals surface area contributed by atoms with Gasteiger partial charge in [-0.1, -0.05) is 12.1 Å². The lowest BCUT2D eigenvalue weighted by atomic mass is 10.1. The summed E-state index contributed by atoms with van der Waals surface area (Å²) < 4.78 is 0. The maximum Gasteiger partial charge on any atom is 0.326 e. The van der Waals surface area contributed by atoms with Gasteiger partial charge in [0.1, 0.15) is 11.8 Å². The standard InChI is InChI=1S/C16H15NO6/c18-11-4-1-9(2-5-11)7-12(16(22)23)17-15(21)10-3-6-13(19)14(20)8-10/h1-6,8,12,18-20H,7H2,(H,17,21)(H,22,23)/t12-/m0/s1. The third kappa shape index (κ3) is 4.13. The van der Waals surface area contributed by atoms with Crippen molar-refractivity contribution in [3.63, 3.8) is 0 Å². The van der Waals surface area contributed by atoms with Crippen molar-refractivity contribution < 1.29 is 30.0 Å². The van der Waals surface area contributed by atoms with Crippen molar-refractivity contribution in [1.82, 2.24) is 5.32 Å². The van der Waals surface area contributed by atoms with Crippen LogP contribution < -0.4 is 5.32 Å². The average Bonchev–Trinajstić information content (AvgIpc) is 2.51. The molecule has 0 bridgehead atoms. The van der Waals surface area contributed by atoms with Crippen LogP contribution in [0.2, 0.25) is 0 Å². The van der Waals surface area contributed by atoms with Crippen LogP contribution in [0.5, 0.6) is 17.2 Å². The lowest BCUT2D eigenvalue weighted by Gasteiger charge is -2.15. The van der Waals surface area contributed by atoms with Crippen LogP contribution >= 0.6 is 0 Å². The van der Waals surface area contributed by atoms with Gasteiger partial charge in [0, 0.05) is 12.0 Å². The smallest absolute Gasteiger partial charge is 0.326 e. The van der Waals surface area contributed by atoms with Crippen LogP contribution in [-0.4, -0.2) is 38.3 Å². The number of benzene rings is 2. The molecule has 1 atom stereocenters. The number of aromatic hydroxyl groups is 3. The van der Waals surface area contributed by atoms with Gasteiger partial charge in [-0.15, -0.1) is 0 Å². The Hall–Kier alpha value is -3.22. The molecule has 23 heavy (non-hydrogen) atoms. The minimum atomic E-state index is -1.21. The zero-order valence-electron chi connectivity index (χ0n) is 11.9. The summed E-state index contributed by atoms with van der Waals surface area (Å²) in [6, 6.07) is 8.24. The van der Waals surface area contributed by atoms with E-state index >= 15 is 0 Å². The van der Waals surface area contributed by atoms with Crippen molar-refractivity contribution in [1.29, 1.82) is 0 Å². The molecule has 0 aromatic heterocycles. The third-order valence-corrected chi connectivity index (χ3v) is 3.22. The van der Waals surface area contributed by atoms with Gasteiger partial charge in [-0.05, 0) is 35.9 Å². The van der Waals surface area contributed by atoms with Gasteiger partial charge in [0.15, 0.2) is 11.5 Å². The first-order valence-corrected chi connectivity index (χ1v) is 6.70. The number of nitrogens with one attached hydrogen (secondary N) is 1. The molecule has 5 N–H and O–H groups in total. The van der Waals surface area contributed by atoms with Crippen molar-refractivity contribution in [3.05, 3.63) is 53.6 Å². The van der Waals surface area contributed by atoms with E-state index in [-0.39, 0.29) is 23.5 Å². The molecule has 0 saturated heterocycles. The summed E-state index contributed by atoms with van der Waals surface area (Å²) in [5.41, 5.74) is 0.654. The van der Waals surface area contributed by atoms with Gasteiger partial charge in [-0.2, -0.15) is 0 Å². The molecule has 120 valence electrons. The highest BCUT2D eigenvalue weighted by molar-refractivity contribution is 5.97. The Bertz CT molecular complexity index is 726. The number of rotatable bonds is 5. The van der Waals surface area contributed by atoms with Gasteiger partial charge in [-0.25, -0.2) is 4.79 Å². The Morgan fingerprint density at radius 1 is 0.957 bits per heavy atom. The van der Waals surface area contributed by atoms with Crippen molar-refractivity contribution in [2.24, 2.45) is 0 Å². The molecule has 0 aliphatic rings. The third-order valence-electron chi connectivity index (χ3n) is 3.22. The highest BCUT2D eigenvalue weighted by Crippen LogP contribution is 2.24. The van der Waals surface area contributed by atoms with Gasteiger partial charge in [0.05, 0.1) is 0 Å². The Kier molecular flexibility index (Phi) is 4.70. The van der Waals surface area contributed by atoms with E-state index in [0.29, 0.717) is 5.56 Å². The number of phenolic OH excluding ortho intramolecular Hbond substituents is 3. The summed E-state index contributed by atoms with van der Waals surface area (Å²) in [6.07, 6.45) is 0.0332. The van der Waals surface area contributed by atoms with Crippen molar-refractivity contribution in [2.75, 3.05) is 0 Å². The Morgan fingerprint density at radius 3 is 2.17 bits per heavy atom. The van der Waals surface area contributed by atoms with Crippen LogP contribution in [0, 0.1) is 0 Å². The van der Waals surface area contributed by atoms with E-state index in [2.05, 4.69) is 5.32 Å². The molecule has 7 heteroatoms. The molecule has 0 radical (unpaired) electrons. The highest BCUT2D eigenvalue weighted by atomic mass is 16.4. The number of amides is 1. The van der Waals surface area contributed by atoms with Crippen LogP contribution in [0.15, 0.2) is 42.5 Å². The van der Waals surface area contributed by atoms with Crippen LogP contribution in [0.1, 0.15) is 15.9 Å². The maximum atomic E-state index is 12.1. The molecule has 0 heterocycles. The number of hydrogen-bond donors (Lipinski definition) is 5. The molecule has 0 aliphatic carbocycles. The van der Waals surface area contributed by atoms with Gasteiger partial charge < -0.3 is 25.7 Å². The fourth-order valence-electron chi connectivity index (χ4n) is 1.97. The molecule has 0 spiro atoms. The zero-order valence-corrected chi connectivity index (χ0v) is 11.9. The number of carbonyl (C=O) groups excluding carboxylic acids is 1. The van der Waals surface area contributed by atoms with E-state index < -0.39 is 23.7 Å². The molecule has 0 aliphatic heterocycles.